The summed E-state index contributed by atoms with van der Waals surface area (Å²) in [6, 6.07) is 0. The van der Waals surface area contributed by atoms with Gasteiger partial charge in [-0.25, -0.2) is 15.0 Å². The summed E-state index contributed by atoms with van der Waals surface area (Å²) in [7, 11) is 1.69. The minimum absolute atomic E-state index is 0.190. The molecule has 0 saturated carbocycles. The third-order valence-electron chi connectivity index (χ3n) is 4.21. The zero-order chi connectivity index (χ0) is 21.1. The predicted molar refractivity (Wildman–Crippen MR) is 96.5 cm³/mol. The molecule has 0 amide bonds. The van der Waals surface area contributed by atoms with Crippen LogP contribution in [-0.4, -0.2) is 69.4 Å². The van der Waals surface area contributed by atoms with E-state index in [0.29, 0.717) is 17.0 Å². The normalized spacial score (nSPS) is 23.6. The molecule has 12 nitrogen and oxygen atoms in total. The van der Waals surface area contributed by atoms with Gasteiger partial charge in [0.25, 0.3) is 0 Å². The second kappa shape index (κ2) is 8.39. The lowest BCUT2D eigenvalue weighted by atomic mass is 10.1. The number of carbonyl (C=O) groups is 3. The van der Waals surface area contributed by atoms with E-state index in [1.807, 2.05) is 0 Å². The van der Waals surface area contributed by atoms with Crippen LogP contribution in [0.25, 0.3) is 11.2 Å². The van der Waals surface area contributed by atoms with E-state index in [-0.39, 0.29) is 6.61 Å². The number of anilines is 1. The van der Waals surface area contributed by atoms with Gasteiger partial charge >= 0.3 is 17.9 Å². The molecule has 1 fully saturated rings. The molecule has 156 valence electrons. The van der Waals surface area contributed by atoms with E-state index < -0.39 is 42.4 Å². The predicted octanol–water partition coefficient (Wildman–Crippen LogP) is 0.192. The van der Waals surface area contributed by atoms with Crippen molar-refractivity contribution >= 4 is 34.9 Å². The van der Waals surface area contributed by atoms with Crippen LogP contribution in [0.5, 0.6) is 0 Å². The summed E-state index contributed by atoms with van der Waals surface area (Å²) >= 11 is 0. The Morgan fingerprint density at radius 3 is 2.38 bits per heavy atom. The first kappa shape index (κ1) is 20.5. The maximum Gasteiger partial charge on any atom is 0.303 e. The molecular weight excluding hydrogens is 386 g/mol. The number of nitrogens with one attached hydrogen (secondary N) is 1. The maximum atomic E-state index is 11.7. The van der Waals surface area contributed by atoms with Gasteiger partial charge in [0, 0.05) is 27.8 Å². The van der Waals surface area contributed by atoms with Crippen molar-refractivity contribution in [3.8, 4) is 0 Å². The largest absolute Gasteiger partial charge is 0.463 e. The van der Waals surface area contributed by atoms with Crippen molar-refractivity contribution < 1.29 is 33.3 Å². The molecule has 29 heavy (non-hydrogen) atoms. The highest BCUT2D eigenvalue weighted by Crippen LogP contribution is 2.36. The Balaban J connectivity index is 2.02. The summed E-state index contributed by atoms with van der Waals surface area (Å²) in [5.41, 5.74) is 0.897. The molecule has 0 bridgehead atoms. The third kappa shape index (κ3) is 4.26. The summed E-state index contributed by atoms with van der Waals surface area (Å²) in [6.45, 7) is 3.51. The zero-order valence-corrected chi connectivity index (χ0v) is 16.3. The standard InChI is InChI=1S/C17H21N5O7/c1-8(23)26-5-11-13(27-9(2)24)14(28-10(3)25)17(29-11)22-7-21-12-15(18-4)19-6-20-16(12)22/h6-7,11,13-14,17H,5H2,1-4H3,(H,18,19,20)/t11-,13-,14-,17-/m1/s1. The summed E-state index contributed by atoms with van der Waals surface area (Å²) in [6.07, 6.45) is -0.984. The SMILES string of the molecule is CNc1ncnc2c1ncn2[C@@H]1O[C@H](COC(C)=O)[C@@H](OC(C)=O)[C@H]1OC(C)=O. The molecule has 0 aromatic carbocycles. The van der Waals surface area contributed by atoms with Gasteiger partial charge in [-0.05, 0) is 0 Å². The highest BCUT2D eigenvalue weighted by atomic mass is 16.7. The van der Waals surface area contributed by atoms with Gasteiger partial charge in [0.05, 0.1) is 6.33 Å². The monoisotopic (exact) mass is 407 g/mol. The lowest BCUT2D eigenvalue weighted by Gasteiger charge is -2.23. The van der Waals surface area contributed by atoms with Crippen molar-refractivity contribution in [3.05, 3.63) is 12.7 Å². The number of aromatic nitrogens is 4. The fourth-order valence-electron chi connectivity index (χ4n) is 3.14. The van der Waals surface area contributed by atoms with E-state index in [9.17, 15) is 14.4 Å². The number of fused-ring (bicyclic) bond motifs is 1. The highest BCUT2D eigenvalue weighted by Gasteiger charge is 2.51. The molecule has 1 aliphatic rings. The van der Waals surface area contributed by atoms with Crippen LogP contribution in [0.4, 0.5) is 5.82 Å². The van der Waals surface area contributed by atoms with Gasteiger partial charge in [-0.1, -0.05) is 0 Å². The van der Waals surface area contributed by atoms with Crippen LogP contribution in [0.3, 0.4) is 0 Å². The molecular formula is C17H21N5O7. The summed E-state index contributed by atoms with van der Waals surface area (Å²) in [4.78, 5) is 47.2. The van der Waals surface area contributed by atoms with Crippen LogP contribution in [0.2, 0.25) is 0 Å². The second-order valence-corrected chi connectivity index (χ2v) is 6.31. The van der Waals surface area contributed by atoms with E-state index in [1.54, 1.807) is 11.6 Å². The van der Waals surface area contributed by atoms with Crippen LogP contribution in [-0.2, 0) is 33.3 Å². The van der Waals surface area contributed by atoms with Gasteiger partial charge in [0.15, 0.2) is 29.9 Å². The molecule has 2 aromatic heterocycles. The molecule has 1 N–H and O–H groups in total. The van der Waals surface area contributed by atoms with Crippen LogP contribution in [0.15, 0.2) is 12.7 Å². The Labute approximate surface area is 165 Å². The zero-order valence-electron chi connectivity index (χ0n) is 16.3. The van der Waals surface area contributed by atoms with Crippen molar-refractivity contribution in [2.75, 3.05) is 19.0 Å². The number of hydrogen-bond acceptors (Lipinski definition) is 11. The molecule has 12 heteroatoms. The summed E-state index contributed by atoms with van der Waals surface area (Å²) in [5, 5.41) is 2.91. The Morgan fingerprint density at radius 1 is 1.07 bits per heavy atom. The molecule has 1 aliphatic heterocycles. The molecule has 1 saturated heterocycles. The van der Waals surface area contributed by atoms with Gasteiger partial charge in [0.2, 0.25) is 0 Å². The fourth-order valence-corrected chi connectivity index (χ4v) is 3.14. The van der Waals surface area contributed by atoms with Gasteiger partial charge in [-0.15, -0.1) is 0 Å². The number of carbonyl (C=O) groups excluding carboxylic acids is 3. The number of esters is 3. The smallest absolute Gasteiger partial charge is 0.303 e. The van der Waals surface area contributed by atoms with Crippen LogP contribution in [0, 0.1) is 0 Å². The van der Waals surface area contributed by atoms with Crippen molar-refractivity contribution in [2.45, 2.75) is 45.3 Å². The summed E-state index contributed by atoms with van der Waals surface area (Å²) in [5.74, 6) is -1.21. The van der Waals surface area contributed by atoms with Crippen LogP contribution in [0.1, 0.15) is 27.0 Å². The number of rotatable bonds is 6. The number of imidazole rings is 1. The van der Waals surface area contributed by atoms with Crippen molar-refractivity contribution in [2.24, 2.45) is 0 Å². The minimum Gasteiger partial charge on any atom is -0.463 e. The first-order chi connectivity index (χ1) is 13.8. The van der Waals surface area contributed by atoms with E-state index in [2.05, 4.69) is 20.3 Å². The number of ether oxygens (including phenoxy) is 4. The molecule has 3 heterocycles. The Morgan fingerprint density at radius 2 is 1.76 bits per heavy atom. The Bertz CT molecular complexity index is 930. The third-order valence-corrected chi connectivity index (χ3v) is 4.21. The topological polar surface area (TPSA) is 144 Å². The average molecular weight is 407 g/mol. The van der Waals surface area contributed by atoms with Crippen molar-refractivity contribution in [3.63, 3.8) is 0 Å². The highest BCUT2D eigenvalue weighted by molar-refractivity contribution is 5.82. The Kier molecular flexibility index (Phi) is 5.92. The first-order valence-corrected chi connectivity index (χ1v) is 8.80. The Hall–Kier alpha value is -3.28. The summed E-state index contributed by atoms with van der Waals surface area (Å²) < 4.78 is 23.3. The molecule has 0 radical (unpaired) electrons. The van der Waals surface area contributed by atoms with E-state index >= 15 is 0 Å². The molecule has 2 aromatic rings. The van der Waals surface area contributed by atoms with Gasteiger partial charge < -0.3 is 24.3 Å². The van der Waals surface area contributed by atoms with Crippen molar-refractivity contribution in [1.29, 1.82) is 0 Å². The molecule has 4 atom stereocenters. The van der Waals surface area contributed by atoms with Gasteiger partial charge in [-0.3, -0.25) is 19.0 Å². The maximum absolute atomic E-state index is 11.7. The molecule has 0 unspecified atom stereocenters. The average Bonchev–Trinajstić information content (AvgIpc) is 3.21. The molecule has 0 aliphatic carbocycles. The number of hydrogen-bond donors (Lipinski definition) is 1. The van der Waals surface area contributed by atoms with Crippen LogP contribution >= 0.6 is 0 Å². The van der Waals surface area contributed by atoms with Crippen molar-refractivity contribution in [1.82, 2.24) is 19.5 Å². The van der Waals surface area contributed by atoms with E-state index in [1.165, 1.54) is 33.4 Å². The first-order valence-electron chi connectivity index (χ1n) is 8.80. The minimum atomic E-state index is -1.01. The van der Waals surface area contributed by atoms with Gasteiger partial charge in [0.1, 0.15) is 24.6 Å². The van der Waals surface area contributed by atoms with Gasteiger partial charge in [-0.2, -0.15) is 0 Å². The molecule has 0 spiro atoms. The lowest BCUT2D eigenvalue weighted by molar-refractivity contribution is -0.166. The second-order valence-electron chi connectivity index (χ2n) is 6.31. The lowest BCUT2D eigenvalue weighted by Crippen LogP contribution is -2.40. The quantitative estimate of drug-likeness (QED) is 0.517. The van der Waals surface area contributed by atoms with Crippen LogP contribution < -0.4 is 5.32 Å². The molecule has 3 rings (SSSR count). The fraction of sp³-hybridized carbons (Fsp3) is 0.529. The van der Waals surface area contributed by atoms with E-state index in [4.69, 9.17) is 18.9 Å². The number of nitrogens with zero attached hydrogens (tertiary/aromatic N) is 4. The van der Waals surface area contributed by atoms with E-state index in [0.717, 1.165) is 0 Å².